The maximum absolute atomic E-state index is 11.6. The minimum atomic E-state index is -0.486. The van der Waals surface area contributed by atoms with Gasteiger partial charge in [-0.1, -0.05) is 24.3 Å². The van der Waals surface area contributed by atoms with Crippen LogP contribution in [0.4, 0.5) is 5.82 Å². The van der Waals surface area contributed by atoms with Crippen molar-refractivity contribution in [3.05, 3.63) is 58.8 Å². The van der Waals surface area contributed by atoms with Crippen LogP contribution >= 0.6 is 0 Å². The molecular weight excluding hydrogens is 280 g/mol. The van der Waals surface area contributed by atoms with Crippen molar-refractivity contribution in [2.75, 3.05) is 12.4 Å². The molecule has 0 radical (unpaired) electrons. The molecule has 0 aliphatic heterocycles. The van der Waals surface area contributed by atoms with Crippen LogP contribution in [-0.4, -0.2) is 29.3 Å². The van der Waals surface area contributed by atoms with Gasteiger partial charge in [0.15, 0.2) is 0 Å². The maximum atomic E-state index is 11.6. The first-order valence-electron chi connectivity index (χ1n) is 7.18. The largest absolute Gasteiger partial charge is 0.465 e. The first kappa shape index (κ1) is 14.5. The van der Waals surface area contributed by atoms with Crippen LogP contribution in [0.1, 0.15) is 33.2 Å². The van der Waals surface area contributed by atoms with Crippen LogP contribution in [0.3, 0.4) is 0 Å². The molecule has 1 aliphatic rings. The normalized spacial score (nSPS) is 19.6. The Labute approximate surface area is 129 Å². The lowest BCUT2D eigenvalue weighted by molar-refractivity contribution is 0.0599. The van der Waals surface area contributed by atoms with E-state index in [2.05, 4.69) is 10.3 Å². The molecule has 22 heavy (non-hydrogen) atoms. The number of aryl methyl sites for hydroxylation is 1. The highest BCUT2D eigenvalue weighted by atomic mass is 16.5. The highest BCUT2D eigenvalue weighted by Gasteiger charge is 2.30. The number of carbonyl (C=O) groups excluding carboxylic acids is 1. The molecule has 1 aliphatic carbocycles. The number of esters is 1. The number of rotatable bonds is 3. The van der Waals surface area contributed by atoms with Gasteiger partial charge in [0.2, 0.25) is 0 Å². The van der Waals surface area contributed by atoms with Gasteiger partial charge in [0, 0.05) is 6.42 Å². The standard InChI is InChI=1S/C17H18N2O3/c1-10-12(17(21)22-2)7-8-15(18-10)19-16-13-6-4-3-5-11(13)9-14(16)20/h3-8,14,16,20H,9H2,1-2H3,(H,18,19)/t14-,16+/m1/s1. The molecule has 0 saturated carbocycles. The van der Waals surface area contributed by atoms with Gasteiger partial charge in [-0.15, -0.1) is 0 Å². The van der Waals surface area contributed by atoms with E-state index in [4.69, 9.17) is 4.74 Å². The lowest BCUT2D eigenvalue weighted by atomic mass is 10.1. The summed E-state index contributed by atoms with van der Waals surface area (Å²) < 4.78 is 4.71. The molecule has 114 valence electrons. The number of nitrogens with one attached hydrogen (secondary N) is 1. The number of aliphatic hydroxyl groups is 1. The molecule has 0 bridgehead atoms. The average molecular weight is 298 g/mol. The monoisotopic (exact) mass is 298 g/mol. The summed E-state index contributed by atoms with van der Waals surface area (Å²) in [5, 5.41) is 13.5. The number of methoxy groups -OCH3 is 1. The van der Waals surface area contributed by atoms with Crippen LogP contribution in [0.25, 0.3) is 0 Å². The fourth-order valence-electron chi connectivity index (χ4n) is 2.87. The zero-order valence-electron chi connectivity index (χ0n) is 12.5. The second-order valence-corrected chi connectivity index (χ2v) is 5.41. The number of pyridine rings is 1. The van der Waals surface area contributed by atoms with Crippen molar-refractivity contribution in [1.29, 1.82) is 0 Å². The summed E-state index contributed by atoms with van der Waals surface area (Å²) in [6.07, 6.45) is 0.146. The third-order valence-electron chi connectivity index (χ3n) is 4.00. The first-order valence-corrected chi connectivity index (χ1v) is 7.18. The van der Waals surface area contributed by atoms with Crippen LogP contribution in [0.5, 0.6) is 0 Å². The fraction of sp³-hybridized carbons (Fsp3) is 0.294. The van der Waals surface area contributed by atoms with E-state index < -0.39 is 12.1 Å². The minimum Gasteiger partial charge on any atom is -0.465 e. The van der Waals surface area contributed by atoms with Gasteiger partial charge in [-0.3, -0.25) is 0 Å². The van der Waals surface area contributed by atoms with Crippen LogP contribution in [0.15, 0.2) is 36.4 Å². The third kappa shape index (κ3) is 2.55. The average Bonchev–Trinajstić information content (AvgIpc) is 2.83. The van der Waals surface area contributed by atoms with E-state index in [-0.39, 0.29) is 6.04 Å². The Hall–Kier alpha value is -2.40. The highest BCUT2D eigenvalue weighted by Crippen LogP contribution is 2.33. The number of aromatic nitrogens is 1. The Bertz CT molecular complexity index is 715. The molecule has 1 heterocycles. The Morgan fingerprint density at radius 3 is 2.82 bits per heavy atom. The number of fused-ring (bicyclic) bond motifs is 1. The summed E-state index contributed by atoms with van der Waals surface area (Å²) in [7, 11) is 1.35. The molecule has 0 amide bonds. The molecule has 5 nitrogen and oxygen atoms in total. The first-order chi connectivity index (χ1) is 10.6. The molecule has 0 spiro atoms. The van der Waals surface area contributed by atoms with E-state index in [1.165, 1.54) is 7.11 Å². The Morgan fingerprint density at radius 2 is 2.09 bits per heavy atom. The summed E-state index contributed by atoms with van der Waals surface area (Å²) >= 11 is 0. The molecule has 1 aromatic carbocycles. The van der Waals surface area contributed by atoms with E-state index in [0.29, 0.717) is 23.5 Å². The topological polar surface area (TPSA) is 71.5 Å². The number of benzene rings is 1. The smallest absolute Gasteiger partial charge is 0.339 e. The van der Waals surface area contributed by atoms with Gasteiger partial charge in [-0.2, -0.15) is 0 Å². The second kappa shape index (κ2) is 5.77. The zero-order valence-corrected chi connectivity index (χ0v) is 12.5. The van der Waals surface area contributed by atoms with Crippen molar-refractivity contribution >= 4 is 11.8 Å². The number of hydrogen-bond donors (Lipinski definition) is 2. The molecule has 2 atom stereocenters. The van der Waals surface area contributed by atoms with Gasteiger partial charge in [-0.05, 0) is 30.2 Å². The summed E-state index contributed by atoms with van der Waals surface area (Å²) in [5.74, 6) is 0.230. The molecule has 0 unspecified atom stereocenters. The zero-order chi connectivity index (χ0) is 15.7. The summed E-state index contributed by atoms with van der Waals surface area (Å²) in [4.78, 5) is 16.0. The molecule has 5 heteroatoms. The minimum absolute atomic E-state index is 0.188. The van der Waals surface area contributed by atoms with E-state index >= 15 is 0 Å². The van der Waals surface area contributed by atoms with Crippen molar-refractivity contribution in [2.45, 2.75) is 25.5 Å². The van der Waals surface area contributed by atoms with E-state index in [9.17, 15) is 9.90 Å². The summed E-state index contributed by atoms with van der Waals surface area (Å²) in [6, 6.07) is 11.2. The number of hydrogen-bond acceptors (Lipinski definition) is 5. The number of nitrogens with zero attached hydrogens (tertiary/aromatic N) is 1. The van der Waals surface area contributed by atoms with Gasteiger partial charge in [0.25, 0.3) is 0 Å². The van der Waals surface area contributed by atoms with Gasteiger partial charge >= 0.3 is 5.97 Å². The SMILES string of the molecule is COC(=O)c1ccc(N[C@H]2c3ccccc3C[C@H]2O)nc1C. The van der Waals surface area contributed by atoms with E-state index in [0.717, 1.165) is 11.1 Å². The van der Waals surface area contributed by atoms with Crippen LogP contribution in [0, 0.1) is 6.92 Å². The Balaban J connectivity index is 1.85. The molecule has 3 rings (SSSR count). The highest BCUT2D eigenvalue weighted by molar-refractivity contribution is 5.90. The predicted octanol–water partition coefficient (Wildman–Crippen LogP) is 2.25. The van der Waals surface area contributed by atoms with E-state index in [1.54, 1.807) is 19.1 Å². The van der Waals surface area contributed by atoms with Gasteiger partial charge in [-0.25, -0.2) is 9.78 Å². The van der Waals surface area contributed by atoms with Crippen LogP contribution < -0.4 is 5.32 Å². The second-order valence-electron chi connectivity index (χ2n) is 5.41. The van der Waals surface area contributed by atoms with Crippen LogP contribution in [-0.2, 0) is 11.2 Å². The number of aliphatic hydroxyl groups excluding tert-OH is 1. The maximum Gasteiger partial charge on any atom is 0.339 e. The van der Waals surface area contributed by atoms with Crippen molar-refractivity contribution < 1.29 is 14.6 Å². The molecule has 2 aromatic rings. The van der Waals surface area contributed by atoms with Gasteiger partial charge < -0.3 is 15.2 Å². The molecule has 2 N–H and O–H groups in total. The fourth-order valence-corrected chi connectivity index (χ4v) is 2.87. The molecule has 0 fully saturated rings. The number of anilines is 1. The quantitative estimate of drug-likeness (QED) is 0.850. The van der Waals surface area contributed by atoms with Crippen molar-refractivity contribution in [1.82, 2.24) is 4.98 Å². The lowest BCUT2D eigenvalue weighted by Gasteiger charge is -2.19. The molecule has 0 saturated heterocycles. The summed E-state index contributed by atoms with van der Waals surface area (Å²) in [6.45, 7) is 1.76. The van der Waals surface area contributed by atoms with Gasteiger partial charge in [0.1, 0.15) is 5.82 Å². The summed E-state index contributed by atoms with van der Waals surface area (Å²) in [5.41, 5.74) is 3.28. The number of ether oxygens (including phenoxy) is 1. The van der Waals surface area contributed by atoms with Crippen LogP contribution in [0.2, 0.25) is 0 Å². The Morgan fingerprint density at radius 1 is 1.32 bits per heavy atom. The van der Waals surface area contributed by atoms with Gasteiger partial charge in [0.05, 0.1) is 30.5 Å². The van der Waals surface area contributed by atoms with E-state index in [1.807, 2.05) is 24.3 Å². The predicted molar refractivity (Wildman–Crippen MR) is 82.8 cm³/mol. The third-order valence-corrected chi connectivity index (χ3v) is 4.00. The van der Waals surface area contributed by atoms with Crippen molar-refractivity contribution in [2.24, 2.45) is 0 Å². The van der Waals surface area contributed by atoms with Crippen molar-refractivity contribution in [3.8, 4) is 0 Å². The van der Waals surface area contributed by atoms with Crippen molar-refractivity contribution in [3.63, 3.8) is 0 Å². The number of carbonyl (C=O) groups is 1. The lowest BCUT2D eigenvalue weighted by Crippen LogP contribution is -2.22. The molecule has 1 aromatic heterocycles. The Kier molecular flexibility index (Phi) is 3.81. The molecular formula is C17H18N2O3.